The van der Waals surface area contributed by atoms with Gasteiger partial charge in [-0.25, -0.2) is 13.2 Å². The van der Waals surface area contributed by atoms with Crippen LogP contribution in [-0.2, 0) is 64.0 Å². The number of benzene rings is 4. The highest BCUT2D eigenvalue weighted by molar-refractivity contribution is 6.32. The number of aryl methyl sites for hydroxylation is 4. The molecule has 0 amide bonds. The molecular weight excluding hydrogens is 1870 g/mol. The van der Waals surface area contributed by atoms with E-state index in [1.54, 1.807) is 24.3 Å². The first-order chi connectivity index (χ1) is 67.2. The monoisotopic (exact) mass is 2020 g/mol. The molecule has 8 fully saturated rings. The third-order valence-electron chi connectivity index (χ3n) is 31.8. The molecule has 0 spiro atoms. The van der Waals surface area contributed by atoms with E-state index in [4.69, 9.17) is 52.9 Å². The molecular formula is C116H150Cl3F3N4O16. The fourth-order valence-corrected chi connectivity index (χ4v) is 23.9. The third kappa shape index (κ3) is 29.9. The summed E-state index contributed by atoms with van der Waals surface area (Å²) >= 11 is 19.0. The Bertz CT molecular complexity index is 5570. The van der Waals surface area contributed by atoms with Crippen molar-refractivity contribution < 1.29 is 90.0 Å². The fraction of sp³-hybridized carbons (Fsp3) is 0.621. The van der Waals surface area contributed by atoms with Crippen LogP contribution in [0.25, 0.3) is 0 Å². The van der Waals surface area contributed by atoms with Crippen molar-refractivity contribution in [2.24, 2.45) is 57.7 Å². The first-order valence-electron chi connectivity index (χ1n) is 52.4. The first-order valence-corrected chi connectivity index (χ1v) is 53.5. The van der Waals surface area contributed by atoms with Crippen LogP contribution >= 0.6 is 34.8 Å². The van der Waals surface area contributed by atoms with E-state index in [1.165, 1.54) is 49.3 Å². The van der Waals surface area contributed by atoms with E-state index in [0.717, 1.165) is 176 Å². The van der Waals surface area contributed by atoms with Crippen LogP contribution in [-0.4, -0.2) is 88.1 Å². The Morgan fingerprint density at radius 1 is 0.423 bits per heavy atom. The van der Waals surface area contributed by atoms with Crippen LogP contribution in [0.15, 0.2) is 90.9 Å². The number of carbonyl (C=O) groups is 8. The minimum Gasteiger partial charge on any atom is -0.481 e. The van der Waals surface area contributed by atoms with Crippen molar-refractivity contribution in [2.45, 2.75) is 400 Å². The molecule has 4 heterocycles. The number of Topliss-reactive ketones (excluding diaryl/α,β-unsaturated/α-hetero) is 4. The maximum absolute atomic E-state index is 14.3. The number of halogens is 6. The number of hydrogen-bond acceptors (Lipinski definition) is 16. The maximum atomic E-state index is 14.3. The van der Waals surface area contributed by atoms with Crippen LogP contribution in [0.1, 0.15) is 459 Å². The van der Waals surface area contributed by atoms with Crippen LogP contribution in [0.3, 0.4) is 0 Å². The van der Waals surface area contributed by atoms with E-state index >= 15 is 0 Å². The Kier molecular flexibility index (Phi) is 37.3. The van der Waals surface area contributed by atoms with E-state index in [2.05, 4.69) is 96.8 Å². The Hall–Kier alpha value is -9.06. The maximum Gasteiger partial charge on any atom is 0.306 e. The van der Waals surface area contributed by atoms with Crippen LogP contribution < -0.4 is 0 Å². The summed E-state index contributed by atoms with van der Waals surface area (Å²) in [7, 11) is 0. The summed E-state index contributed by atoms with van der Waals surface area (Å²) in [6.07, 6.45) is 21.1. The molecule has 0 radical (unpaired) electrons. The molecule has 6 atom stereocenters. The van der Waals surface area contributed by atoms with Crippen molar-refractivity contribution in [1.29, 1.82) is 0 Å². The molecule has 4 N–H and O–H groups in total. The minimum atomic E-state index is -2.82. The number of aromatic nitrogens is 4. The Morgan fingerprint density at radius 2 is 0.768 bits per heavy atom. The SMILES string of the molecule is CCC(C)(C)CC1CC(c2onc(C(CCC(=O)O)CC(=O)Cc3ccc(C)cc3Cl)c2C2CC2)C1.CCC(C)(C)CC1CC(c2onc(C(CCC(=O)O)CC(=O)Cc3ccc(C)cc3F)c2C2CC2)C1.Cc1ccc(CC(=O)C2CC(C(=O)O)CC2c2noc(C3CC(CC(C)C)C3)c2C2CC2)c(Cl)c1.Cc1ccc(CC(=O)CC(CCC(=O)O)c2noc(C3CC(CC(C)(C)C)C3)c2C(F)F)c(Cl)c1. The molecule has 142 heavy (non-hydrogen) atoms. The van der Waals surface area contributed by atoms with E-state index in [-0.39, 0.29) is 152 Å². The van der Waals surface area contributed by atoms with Crippen molar-refractivity contribution in [3.05, 3.63) is 206 Å². The number of carboxylic acid groups (broad SMARTS) is 4. The second-order valence-corrected chi connectivity index (χ2v) is 48.1. The van der Waals surface area contributed by atoms with Gasteiger partial charge in [0.05, 0.1) is 34.3 Å². The average molecular weight is 2020 g/mol. The molecule has 8 saturated carbocycles. The smallest absolute Gasteiger partial charge is 0.306 e. The van der Waals surface area contributed by atoms with Gasteiger partial charge >= 0.3 is 23.9 Å². The highest BCUT2D eigenvalue weighted by atomic mass is 35.5. The Morgan fingerprint density at radius 3 is 1.14 bits per heavy atom. The number of ketones is 4. The third-order valence-corrected chi connectivity index (χ3v) is 32.8. The van der Waals surface area contributed by atoms with Gasteiger partial charge in [0.2, 0.25) is 0 Å². The minimum absolute atomic E-state index is 0.00330. The van der Waals surface area contributed by atoms with Crippen molar-refractivity contribution in [3.63, 3.8) is 0 Å². The van der Waals surface area contributed by atoms with Gasteiger partial charge < -0.3 is 38.5 Å². The van der Waals surface area contributed by atoms with Gasteiger partial charge in [-0.1, -0.05) is 193 Å². The summed E-state index contributed by atoms with van der Waals surface area (Å²) in [6, 6.07) is 21.7. The second kappa shape index (κ2) is 48.1. The lowest BCUT2D eigenvalue weighted by atomic mass is 9.66. The van der Waals surface area contributed by atoms with Crippen LogP contribution in [0.4, 0.5) is 13.2 Å². The summed E-state index contributed by atoms with van der Waals surface area (Å²) in [5.74, 6) is 2.10. The van der Waals surface area contributed by atoms with Gasteiger partial charge in [0, 0.05) is 149 Å². The normalized spacial score (nSPS) is 22.1. The quantitative estimate of drug-likeness (QED) is 0.0275. The van der Waals surface area contributed by atoms with Gasteiger partial charge in [-0.2, -0.15) is 0 Å². The summed E-state index contributed by atoms with van der Waals surface area (Å²) in [6.45, 7) is 32.5. The lowest BCUT2D eigenvalue weighted by molar-refractivity contribution is -0.142. The molecule has 772 valence electrons. The molecule has 20 nitrogen and oxygen atoms in total. The van der Waals surface area contributed by atoms with Gasteiger partial charge in [-0.15, -0.1) is 0 Å². The molecule has 8 aliphatic rings. The zero-order valence-electron chi connectivity index (χ0n) is 85.9. The number of aliphatic carboxylic acids is 4. The van der Waals surface area contributed by atoms with E-state index in [1.807, 2.05) is 70.2 Å². The fourth-order valence-electron chi connectivity index (χ4n) is 23.0. The number of nitrogens with zero attached hydrogens (tertiary/aromatic N) is 4. The van der Waals surface area contributed by atoms with E-state index < -0.39 is 42.1 Å². The molecule has 8 aromatic rings. The summed E-state index contributed by atoms with van der Waals surface area (Å²) in [5.41, 5.74) is 13.1. The number of hydrogen-bond donors (Lipinski definition) is 4. The van der Waals surface area contributed by atoms with Crippen LogP contribution in [0, 0.1) is 91.2 Å². The summed E-state index contributed by atoms with van der Waals surface area (Å²) in [4.78, 5) is 98.6. The topological polar surface area (TPSA) is 322 Å². The highest BCUT2D eigenvalue weighted by Gasteiger charge is 2.51. The highest BCUT2D eigenvalue weighted by Crippen LogP contribution is 2.60. The van der Waals surface area contributed by atoms with Gasteiger partial charge in [-0.05, 0) is 308 Å². The zero-order valence-corrected chi connectivity index (χ0v) is 88.2. The van der Waals surface area contributed by atoms with E-state index in [9.17, 15) is 72.0 Å². The van der Waals surface area contributed by atoms with Gasteiger partial charge in [0.15, 0.2) is 0 Å². The Labute approximate surface area is 851 Å². The molecule has 4 aromatic carbocycles. The molecule has 6 unspecified atom stereocenters. The van der Waals surface area contributed by atoms with Crippen molar-refractivity contribution in [3.8, 4) is 0 Å². The van der Waals surface area contributed by atoms with Crippen molar-refractivity contribution in [2.75, 3.05) is 0 Å². The predicted molar refractivity (Wildman–Crippen MR) is 543 cm³/mol. The summed E-state index contributed by atoms with van der Waals surface area (Å²) in [5, 5.41) is 56.9. The molecule has 0 aliphatic heterocycles. The van der Waals surface area contributed by atoms with E-state index in [0.29, 0.717) is 122 Å². The lowest BCUT2D eigenvalue weighted by Gasteiger charge is -2.39. The average Bonchev–Trinajstić information content (AvgIpc) is 1.60. The van der Waals surface area contributed by atoms with Crippen molar-refractivity contribution in [1.82, 2.24) is 20.6 Å². The van der Waals surface area contributed by atoms with Gasteiger partial charge in [-0.3, -0.25) is 38.4 Å². The van der Waals surface area contributed by atoms with Gasteiger partial charge in [0.25, 0.3) is 6.43 Å². The van der Waals surface area contributed by atoms with Crippen LogP contribution in [0.2, 0.25) is 15.1 Å². The number of alkyl halides is 2. The molecule has 4 aromatic heterocycles. The van der Waals surface area contributed by atoms with Gasteiger partial charge in [0.1, 0.15) is 52.0 Å². The summed E-state index contributed by atoms with van der Waals surface area (Å²) < 4.78 is 66.2. The molecule has 0 saturated heterocycles. The number of carbonyl (C=O) groups excluding carboxylic acids is 4. The molecule has 16 rings (SSSR count). The van der Waals surface area contributed by atoms with Crippen LogP contribution in [0.5, 0.6) is 0 Å². The molecule has 26 heteroatoms. The first kappa shape index (κ1) is 110. The van der Waals surface area contributed by atoms with Crippen molar-refractivity contribution >= 4 is 81.8 Å². The molecule has 0 bridgehead atoms. The second-order valence-electron chi connectivity index (χ2n) is 46.9. The zero-order chi connectivity index (χ0) is 103. The Balaban J connectivity index is 0.000000159. The lowest BCUT2D eigenvalue weighted by Crippen LogP contribution is -2.27. The standard InChI is InChI=1S/C30H40ClNO4.C30H40FNO4.C29H36ClNO4.C27H34ClF2NO4/c2*1-5-30(3,4)17-19-13-23(14-19)29-27(20-8-9-20)28(32-36-29)22(10-11-26(34)35)16-24(33)15-21-7-6-18(2)12-25(21)31;1-15(2)8-17-10-20(11-17)28-26(18-6-7-18)27(31-35-28)23-13-21(29(33)34)12-22(23)25(32)14-19-5-4-16(3)9-24(19)30;1-15-5-6-17(21(28)9-15)12-20(32)13-18(7-8-22(33)34)24-23(26(29)30)25(35-31-24)19-10-16(11-19)14-27(2,3)4/h2*6-7,12,19-20,22-23H,5,8-11,13-17H2,1-4H3,(H,34,35);4-5,9,15,17-18,20-23H,6-8,10-14H2,1-3H3,(H,33,34);5-6,9,16,18-19,26H,7-8,10-14H2,1-4H3,(H,33,34). The number of rotatable bonds is 46. The molecule has 8 aliphatic carbocycles. The largest absolute Gasteiger partial charge is 0.481 e. The predicted octanol–water partition coefficient (Wildman–Crippen LogP) is 30.2. The number of carboxylic acids is 4.